The van der Waals surface area contributed by atoms with Gasteiger partial charge in [0.2, 0.25) is 5.91 Å². The van der Waals surface area contributed by atoms with E-state index < -0.39 is 0 Å². The molecule has 2 rings (SSSR count). The Morgan fingerprint density at radius 3 is 3.06 bits per heavy atom. The summed E-state index contributed by atoms with van der Waals surface area (Å²) in [5.74, 6) is 0.229. The van der Waals surface area contributed by atoms with E-state index >= 15 is 0 Å². The number of furan rings is 1. The van der Waals surface area contributed by atoms with Crippen molar-refractivity contribution >= 4 is 17.5 Å². The maximum atomic E-state index is 11.6. The topological polar surface area (TPSA) is 83.7 Å². The molecule has 2 N–H and O–H groups in total. The second-order valence-electron chi connectivity index (χ2n) is 3.36. The van der Waals surface area contributed by atoms with Crippen LogP contribution in [0.15, 0.2) is 27.9 Å². The number of hydrazone groups is 1. The first kappa shape index (κ1) is 10.4. The molecule has 1 aromatic rings. The van der Waals surface area contributed by atoms with Crippen LogP contribution in [-0.4, -0.2) is 17.5 Å². The zero-order valence-corrected chi connectivity index (χ0v) is 8.53. The summed E-state index contributed by atoms with van der Waals surface area (Å²) in [6.45, 7) is 0.318. The molecule has 0 spiro atoms. The lowest BCUT2D eigenvalue weighted by molar-refractivity contribution is -0.121. The van der Waals surface area contributed by atoms with Gasteiger partial charge in [-0.05, 0) is 12.1 Å². The largest absolute Gasteiger partial charge is 0.467 e. The summed E-state index contributed by atoms with van der Waals surface area (Å²) >= 11 is 0. The van der Waals surface area contributed by atoms with E-state index in [-0.39, 0.29) is 11.8 Å². The van der Waals surface area contributed by atoms with Crippen LogP contribution in [0.3, 0.4) is 0 Å². The Hall–Kier alpha value is -2.11. The molecule has 6 heteroatoms. The van der Waals surface area contributed by atoms with E-state index in [9.17, 15) is 9.59 Å². The van der Waals surface area contributed by atoms with Crippen LogP contribution in [-0.2, 0) is 16.1 Å². The maximum Gasteiger partial charge on any atom is 0.267 e. The number of amides is 2. The van der Waals surface area contributed by atoms with Crippen LogP contribution in [0.2, 0.25) is 0 Å². The highest BCUT2D eigenvalue weighted by Crippen LogP contribution is 2.01. The number of nitrogens with one attached hydrogen (secondary N) is 2. The molecule has 0 radical (unpaired) electrons. The van der Waals surface area contributed by atoms with Gasteiger partial charge in [-0.2, -0.15) is 5.10 Å². The highest BCUT2D eigenvalue weighted by atomic mass is 16.3. The molecule has 0 fully saturated rings. The molecule has 0 aromatic carbocycles. The number of carbonyl (C=O) groups is 2. The second-order valence-corrected chi connectivity index (χ2v) is 3.36. The van der Waals surface area contributed by atoms with E-state index in [0.29, 0.717) is 30.9 Å². The smallest absolute Gasteiger partial charge is 0.267 e. The third-order valence-corrected chi connectivity index (χ3v) is 2.17. The van der Waals surface area contributed by atoms with E-state index in [1.807, 2.05) is 0 Å². The van der Waals surface area contributed by atoms with E-state index in [1.54, 1.807) is 18.4 Å². The van der Waals surface area contributed by atoms with E-state index in [1.165, 1.54) is 0 Å². The average Bonchev–Trinajstić information content (AvgIpc) is 2.80. The first-order valence-electron chi connectivity index (χ1n) is 4.91. The minimum atomic E-state index is -0.281. The van der Waals surface area contributed by atoms with Crippen molar-refractivity contribution in [2.24, 2.45) is 5.10 Å². The van der Waals surface area contributed by atoms with Crippen molar-refractivity contribution in [3.8, 4) is 0 Å². The highest BCUT2D eigenvalue weighted by Gasteiger charge is 2.17. The van der Waals surface area contributed by atoms with Crippen molar-refractivity contribution in [3.05, 3.63) is 24.2 Å². The molecule has 0 saturated heterocycles. The molecule has 1 aliphatic heterocycles. The van der Waals surface area contributed by atoms with Gasteiger partial charge < -0.3 is 9.73 Å². The van der Waals surface area contributed by atoms with Gasteiger partial charge in [0.15, 0.2) is 0 Å². The van der Waals surface area contributed by atoms with Crippen LogP contribution in [0.5, 0.6) is 0 Å². The zero-order chi connectivity index (χ0) is 11.4. The van der Waals surface area contributed by atoms with Crippen molar-refractivity contribution in [2.75, 3.05) is 0 Å². The van der Waals surface area contributed by atoms with Crippen molar-refractivity contribution in [1.29, 1.82) is 0 Å². The summed E-state index contributed by atoms with van der Waals surface area (Å²) in [6, 6.07) is 3.52. The maximum absolute atomic E-state index is 11.6. The van der Waals surface area contributed by atoms with Gasteiger partial charge in [0.1, 0.15) is 11.5 Å². The summed E-state index contributed by atoms with van der Waals surface area (Å²) < 4.78 is 5.06. The molecule has 0 aliphatic carbocycles. The SMILES string of the molecule is O=C1CCC(C(=O)NCc2ccco2)=NN1. The van der Waals surface area contributed by atoms with Crippen LogP contribution in [0.1, 0.15) is 18.6 Å². The molecule has 0 saturated carbocycles. The Morgan fingerprint density at radius 2 is 2.44 bits per heavy atom. The molecule has 0 unspecified atom stereocenters. The van der Waals surface area contributed by atoms with Crippen LogP contribution in [0.4, 0.5) is 0 Å². The van der Waals surface area contributed by atoms with E-state index in [2.05, 4.69) is 15.8 Å². The lowest BCUT2D eigenvalue weighted by Gasteiger charge is -2.11. The quantitative estimate of drug-likeness (QED) is 0.762. The fourth-order valence-electron chi connectivity index (χ4n) is 1.32. The normalized spacial score (nSPS) is 15.2. The molecule has 1 aromatic heterocycles. The molecule has 16 heavy (non-hydrogen) atoms. The number of hydrogen-bond donors (Lipinski definition) is 2. The van der Waals surface area contributed by atoms with Crippen LogP contribution < -0.4 is 10.7 Å². The molecule has 1 aliphatic rings. The lowest BCUT2D eigenvalue weighted by Crippen LogP contribution is -2.36. The predicted molar refractivity (Wildman–Crippen MR) is 55.4 cm³/mol. The molecule has 6 nitrogen and oxygen atoms in total. The molecule has 84 valence electrons. The third kappa shape index (κ3) is 2.47. The van der Waals surface area contributed by atoms with Gasteiger partial charge in [-0.3, -0.25) is 9.59 Å². The molecule has 2 amide bonds. The second kappa shape index (κ2) is 4.61. The summed E-state index contributed by atoms with van der Waals surface area (Å²) in [7, 11) is 0. The lowest BCUT2D eigenvalue weighted by atomic mass is 10.1. The number of hydrogen-bond acceptors (Lipinski definition) is 4. The molecule has 0 bridgehead atoms. The van der Waals surface area contributed by atoms with Crippen LogP contribution >= 0.6 is 0 Å². The van der Waals surface area contributed by atoms with Crippen LogP contribution in [0, 0.1) is 0 Å². The summed E-state index contributed by atoms with van der Waals surface area (Å²) in [4.78, 5) is 22.4. The van der Waals surface area contributed by atoms with Crippen molar-refractivity contribution in [2.45, 2.75) is 19.4 Å². The van der Waals surface area contributed by atoms with Crippen LogP contribution in [0.25, 0.3) is 0 Å². The summed E-state index contributed by atoms with van der Waals surface area (Å²) in [5.41, 5.74) is 2.61. The van der Waals surface area contributed by atoms with Crippen molar-refractivity contribution < 1.29 is 14.0 Å². The minimum absolute atomic E-state index is 0.164. The first-order valence-corrected chi connectivity index (χ1v) is 4.91. The van der Waals surface area contributed by atoms with E-state index in [4.69, 9.17) is 4.42 Å². The van der Waals surface area contributed by atoms with Gasteiger partial charge in [-0.1, -0.05) is 0 Å². The Balaban J connectivity index is 1.86. The molecular formula is C10H11N3O3. The van der Waals surface area contributed by atoms with E-state index in [0.717, 1.165) is 0 Å². The van der Waals surface area contributed by atoms with Gasteiger partial charge >= 0.3 is 0 Å². The fraction of sp³-hybridized carbons (Fsp3) is 0.300. The van der Waals surface area contributed by atoms with Gasteiger partial charge in [0.05, 0.1) is 12.8 Å². The average molecular weight is 221 g/mol. The molecule has 2 heterocycles. The Kier molecular flexibility index (Phi) is 3.00. The number of rotatable bonds is 3. The number of nitrogens with zero attached hydrogens (tertiary/aromatic N) is 1. The standard InChI is InChI=1S/C10H11N3O3/c14-9-4-3-8(12-13-9)10(15)11-6-7-2-1-5-16-7/h1-2,5H,3-4,6H2,(H,11,15)(H,13,14). The Morgan fingerprint density at radius 1 is 1.56 bits per heavy atom. The van der Waals surface area contributed by atoms with Gasteiger partial charge in [0, 0.05) is 12.8 Å². The molecule has 0 atom stereocenters. The molecular weight excluding hydrogens is 210 g/mol. The van der Waals surface area contributed by atoms with Gasteiger partial charge in [-0.15, -0.1) is 0 Å². The summed E-state index contributed by atoms with van der Waals surface area (Å²) in [6.07, 6.45) is 2.21. The minimum Gasteiger partial charge on any atom is -0.467 e. The van der Waals surface area contributed by atoms with Crippen molar-refractivity contribution in [1.82, 2.24) is 10.7 Å². The predicted octanol–water partition coefficient (Wildman–Crippen LogP) is 0.162. The van der Waals surface area contributed by atoms with Crippen molar-refractivity contribution in [3.63, 3.8) is 0 Å². The van der Waals surface area contributed by atoms with Gasteiger partial charge in [0.25, 0.3) is 5.91 Å². The third-order valence-electron chi connectivity index (χ3n) is 2.17. The zero-order valence-electron chi connectivity index (χ0n) is 8.53. The summed E-state index contributed by atoms with van der Waals surface area (Å²) in [5, 5.41) is 6.34. The van der Waals surface area contributed by atoms with Gasteiger partial charge in [-0.25, -0.2) is 5.43 Å². The monoisotopic (exact) mass is 221 g/mol. The Bertz CT molecular complexity index is 423. The highest BCUT2D eigenvalue weighted by molar-refractivity contribution is 6.39. The fourth-order valence-corrected chi connectivity index (χ4v) is 1.32. The Labute approximate surface area is 91.7 Å². The first-order chi connectivity index (χ1) is 7.75. The number of carbonyl (C=O) groups excluding carboxylic acids is 2.